The van der Waals surface area contributed by atoms with Crippen LogP contribution in [0.15, 0.2) is 57.5 Å². The van der Waals surface area contributed by atoms with Crippen LogP contribution >= 0.6 is 34.7 Å². The van der Waals surface area contributed by atoms with E-state index in [1.165, 1.54) is 29.3 Å². The molecule has 0 aliphatic heterocycles. The zero-order chi connectivity index (χ0) is 26.8. The molecule has 1 aliphatic carbocycles. The van der Waals surface area contributed by atoms with Crippen LogP contribution in [-0.4, -0.2) is 32.3 Å². The minimum Gasteiger partial charge on any atom is -0.272 e. The number of aromatic nitrogens is 2. The van der Waals surface area contributed by atoms with Crippen molar-refractivity contribution in [3.8, 4) is 5.69 Å². The highest BCUT2D eigenvalue weighted by atomic mass is 35.5. The molecule has 0 saturated carbocycles. The number of rotatable bonds is 7. The number of benzene rings is 2. The first kappa shape index (κ1) is 26.1. The third kappa shape index (κ3) is 5.35. The molecule has 0 bridgehead atoms. The predicted octanol–water partition coefficient (Wildman–Crippen LogP) is 5.44. The molecule has 12 heteroatoms. The number of hydrogen-bond donors (Lipinski definition) is 1. The van der Waals surface area contributed by atoms with Crippen molar-refractivity contribution in [3.05, 3.63) is 89.5 Å². The van der Waals surface area contributed by atoms with Gasteiger partial charge >= 0.3 is 0 Å². The summed E-state index contributed by atoms with van der Waals surface area (Å²) < 4.78 is 1.58. The SMILES string of the molecule is Cc1ccc(-n2c(SCC(=O)N/N=C\c3cc([N+](=O)[O-])ccc3Cl)nc3sc4c(c3c2=O)CCCC4)cc1. The third-order valence-electron chi connectivity index (χ3n) is 6.17. The molecule has 2 heterocycles. The van der Waals surface area contributed by atoms with Crippen LogP contribution in [0.1, 0.15) is 34.4 Å². The molecule has 0 radical (unpaired) electrons. The van der Waals surface area contributed by atoms with Crippen LogP contribution in [0, 0.1) is 17.0 Å². The molecule has 0 saturated heterocycles. The lowest BCUT2D eigenvalue weighted by Gasteiger charge is -2.13. The highest BCUT2D eigenvalue weighted by molar-refractivity contribution is 7.99. The zero-order valence-corrected chi connectivity index (χ0v) is 22.7. The van der Waals surface area contributed by atoms with Crippen molar-refractivity contribution in [3.63, 3.8) is 0 Å². The van der Waals surface area contributed by atoms with Crippen molar-refractivity contribution in [1.29, 1.82) is 0 Å². The summed E-state index contributed by atoms with van der Waals surface area (Å²) in [5.41, 5.74) is 5.31. The van der Waals surface area contributed by atoms with E-state index < -0.39 is 10.8 Å². The maximum atomic E-state index is 13.8. The van der Waals surface area contributed by atoms with Crippen LogP contribution in [0.5, 0.6) is 0 Å². The van der Waals surface area contributed by atoms with E-state index in [2.05, 4.69) is 10.5 Å². The number of thiophene rings is 1. The van der Waals surface area contributed by atoms with Crippen molar-refractivity contribution in [2.75, 3.05) is 5.75 Å². The van der Waals surface area contributed by atoms with Gasteiger partial charge in [-0.15, -0.1) is 11.3 Å². The summed E-state index contributed by atoms with van der Waals surface area (Å²) in [5.74, 6) is -0.474. The smallest absolute Gasteiger partial charge is 0.270 e. The van der Waals surface area contributed by atoms with E-state index in [-0.39, 0.29) is 22.0 Å². The van der Waals surface area contributed by atoms with E-state index in [1.54, 1.807) is 15.9 Å². The summed E-state index contributed by atoms with van der Waals surface area (Å²) in [7, 11) is 0. The number of carbonyl (C=O) groups is 1. The summed E-state index contributed by atoms with van der Waals surface area (Å²) in [5, 5.41) is 16.2. The molecule has 0 unspecified atom stereocenters. The monoisotopic (exact) mass is 567 g/mol. The minimum atomic E-state index is -0.537. The lowest BCUT2D eigenvalue weighted by molar-refractivity contribution is -0.384. The van der Waals surface area contributed by atoms with Gasteiger partial charge in [-0.25, -0.2) is 10.4 Å². The van der Waals surface area contributed by atoms with E-state index in [1.807, 2.05) is 31.2 Å². The number of nitro benzene ring substituents is 1. The van der Waals surface area contributed by atoms with Crippen LogP contribution in [0.4, 0.5) is 5.69 Å². The molecule has 1 aliphatic rings. The number of hydrazone groups is 1. The average molecular weight is 568 g/mol. The Bertz CT molecular complexity index is 1650. The van der Waals surface area contributed by atoms with Gasteiger partial charge in [0.2, 0.25) is 0 Å². The van der Waals surface area contributed by atoms with Crippen LogP contribution in [-0.2, 0) is 17.6 Å². The first-order valence-corrected chi connectivity index (χ1v) is 14.0. The molecule has 9 nitrogen and oxygen atoms in total. The quantitative estimate of drug-likeness (QED) is 0.104. The Kier molecular flexibility index (Phi) is 7.59. The molecular formula is C26H22ClN5O4S2. The highest BCUT2D eigenvalue weighted by Gasteiger charge is 2.23. The number of nitrogens with zero attached hydrogens (tertiary/aromatic N) is 4. The number of halogens is 1. The van der Waals surface area contributed by atoms with Gasteiger partial charge in [-0.1, -0.05) is 41.1 Å². The fraction of sp³-hybridized carbons (Fsp3) is 0.231. The van der Waals surface area contributed by atoms with Crippen LogP contribution < -0.4 is 11.0 Å². The molecule has 5 rings (SSSR count). The van der Waals surface area contributed by atoms with Gasteiger partial charge in [-0.2, -0.15) is 5.10 Å². The maximum Gasteiger partial charge on any atom is 0.270 e. The first-order chi connectivity index (χ1) is 18.3. The van der Waals surface area contributed by atoms with Crippen molar-refractivity contribution >= 4 is 62.7 Å². The lowest BCUT2D eigenvalue weighted by atomic mass is 9.97. The van der Waals surface area contributed by atoms with E-state index in [0.717, 1.165) is 48.6 Å². The Balaban J connectivity index is 1.40. The Labute approximate surface area is 230 Å². The van der Waals surface area contributed by atoms with Gasteiger partial charge in [0.05, 0.1) is 28.0 Å². The van der Waals surface area contributed by atoms with Crippen molar-refractivity contribution in [2.24, 2.45) is 5.10 Å². The first-order valence-electron chi connectivity index (χ1n) is 11.8. The second-order valence-electron chi connectivity index (χ2n) is 8.81. The molecule has 1 amide bonds. The largest absolute Gasteiger partial charge is 0.272 e. The Morgan fingerprint density at radius 1 is 1.26 bits per heavy atom. The number of thioether (sulfide) groups is 1. The van der Waals surface area contributed by atoms with Crippen molar-refractivity contribution in [1.82, 2.24) is 15.0 Å². The fourth-order valence-electron chi connectivity index (χ4n) is 4.28. The van der Waals surface area contributed by atoms with Gasteiger partial charge in [0, 0.05) is 27.6 Å². The molecule has 4 aromatic rings. The fourth-order valence-corrected chi connectivity index (χ4v) is 6.56. The zero-order valence-electron chi connectivity index (χ0n) is 20.3. The maximum absolute atomic E-state index is 13.8. The summed E-state index contributed by atoms with van der Waals surface area (Å²) in [4.78, 5) is 43.5. The topological polar surface area (TPSA) is 119 Å². The van der Waals surface area contributed by atoms with E-state index in [9.17, 15) is 19.7 Å². The average Bonchev–Trinajstić information content (AvgIpc) is 3.28. The molecule has 1 N–H and O–H groups in total. The number of fused-ring (bicyclic) bond motifs is 3. The number of nitro groups is 1. The summed E-state index contributed by atoms with van der Waals surface area (Å²) in [6, 6.07) is 11.6. The second-order valence-corrected chi connectivity index (χ2v) is 11.2. The predicted molar refractivity (Wildman–Crippen MR) is 151 cm³/mol. The van der Waals surface area contributed by atoms with Gasteiger partial charge in [-0.3, -0.25) is 24.3 Å². The molecular weight excluding hydrogens is 546 g/mol. The number of non-ortho nitro benzene ring substituents is 1. The number of amides is 1. The lowest BCUT2D eigenvalue weighted by Crippen LogP contribution is -2.24. The van der Waals surface area contributed by atoms with Crippen LogP contribution in [0.2, 0.25) is 5.02 Å². The number of carbonyl (C=O) groups excluding carboxylic acids is 1. The normalized spacial score (nSPS) is 13.1. The Morgan fingerprint density at radius 3 is 2.79 bits per heavy atom. The minimum absolute atomic E-state index is 0.0467. The molecule has 0 atom stereocenters. The molecule has 0 fully saturated rings. The molecule has 38 heavy (non-hydrogen) atoms. The van der Waals surface area contributed by atoms with Gasteiger partial charge in [-0.05, 0) is 56.4 Å². The molecule has 194 valence electrons. The van der Waals surface area contributed by atoms with Gasteiger partial charge in [0.25, 0.3) is 17.2 Å². The summed E-state index contributed by atoms with van der Waals surface area (Å²) in [6.07, 6.45) is 5.25. The number of hydrogen-bond acceptors (Lipinski definition) is 8. The van der Waals surface area contributed by atoms with E-state index >= 15 is 0 Å². The van der Waals surface area contributed by atoms with Crippen molar-refractivity contribution in [2.45, 2.75) is 37.8 Å². The Hall–Kier alpha value is -3.54. The highest BCUT2D eigenvalue weighted by Crippen LogP contribution is 2.35. The third-order valence-corrected chi connectivity index (χ3v) is 8.63. The van der Waals surface area contributed by atoms with Gasteiger partial charge in [0.15, 0.2) is 5.16 Å². The molecule has 0 spiro atoms. The Morgan fingerprint density at radius 2 is 2.03 bits per heavy atom. The van der Waals surface area contributed by atoms with E-state index in [4.69, 9.17) is 16.6 Å². The molecule has 2 aromatic heterocycles. The second kappa shape index (κ2) is 11.1. The summed E-state index contributed by atoms with van der Waals surface area (Å²) >= 11 is 8.78. The van der Waals surface area contributed by atoms with Gasteiger partial charge in [0.1, 0.15) is 4.83 Å². The van der Waals surface area contributed by atoms with Crippen LogP contribution in [0.25, 0.3) is 15.9 Å². The van der Waals surface area contributed by atoms with Gasteiger partial charge < -0.3 is 0 Å². The standard InChI is InChI=1S/C26H22ClN5O4S2/c1-15-6-8-17(9-7-15)31-25(34)23-19-4-2-3-5-21(19)38-24(23)29-26(31)37-14-22(33)30-28-13-16-12-18(32(35)36)10-11-20(16)27/h6-13H,2-5,14H2,1H3,(H,30,33)/b28-13-. The van der Waals surface area contributed by atoms with Crippen molar-refractivity contribution < 1.29 is 9.72 Å². The molecule has 2 aromatic carbocycles. The number of aryl methyl sites for hydroxylation is 3. The van der Waals surface area contributed by atoms with Crippen LogP contribution in [0.3, 0.4) is 0 Å². The summed E-state index contributed by atoms with van der Waals surface area (Å²) in [6.45, 7) is 1.98. The number of nitrogens with one attached hydrogen (secondary N) is 1. The van der Waals surface area contributed by atoms with E-state index in [0.29, 0.717) is 26.6 Å².